The number of carbonyl (C=O) groups is 1. The van der Waals surface area contributed by atoms with E-state index in [9.17, 15) is 9.90 Å². The summed E-state index contributed by atoms with van der Waals surface area (Å²) in [5, 5.41) is 18.0. The smallest absolute Gasteiger partial charge is 0.335 e. The van der Waals surface area contributed by atoms with E-state index in [4.69, 9.17) is 5.11 Å². The van der Waals surface area contributed by atoms with Crippen molar-refractivity contribution < 1.29 is 15.0 Å². The molecular weight excluding hydrogens is 218 g/mol. The van der Waals surface area contributed by atoms with Gasteiger partial charge in [0.1, 0.15) is 0 Å². The van der Waals surface area contributed by atoms with Crippen LogP contribution in [0.4, 0.5) is 5.69 Å². The molecule has 1 aliphatic rings. The number of carboxylic acid groups (broad SMARTS) is 1. The van der Waals surface area contributed by atoms with Gasteiger partial charge in [-0.05, 0) is 43.0 Å². The van der Waals surface area contributed by atoms with E-state index in [-0.39, 0.29) is 6.10 Å². The van der Waals surface area contributed by atoms with Crippen molar-refractivity contribution in [3.8, 4) is 0 Å². The Morgan fingerprint density at radius 3 is 2.41 bits per heavy atom. The molecule has 0 saturated heterocycles. The third kappa shape index (κ3) is 2.77. The van der Waals surface area contributed by atoms with Crippen molar-refractivity contribution in [3.63, 3.8) is 0 Å². The number of aliphatic hydroxyl groups excluding tert-OH is 1. The first-order valence-corrected chi connectivity index (χ1v) is 5.79. The molecule has 17 heavy (non-hydrogen) atoms. The molecule has 0 bridgehead atoms. The van der Waals surface area contributed by atoms with E-state index >= 15 is 0 Å². The number of rotatable bonds is 4. The highest BCUT2D eigenvalue weighted by molar-refractivity contribution is 5.88. The van der Waals surface area contributed by atoms with Gasteiger partial charge < -0.3 is 15.1 Å². The van der Waals surface area contributed by atoms with Gasteiger partial charge in [-0.15, -0.1) is 0 Å². The number of aliphatic hydroxyl groups is 1. The molecule has 0 aliphatic heterocycles. The molecule has 4 nitrogen and oxygen atoms in total. The lowest BCUT2D eigenvalue weighted by molar-refractivity contribution is 0.0464. The Kier molecular flexibility index (Phi) is 3.33. The van der Waals surface area contributed by atoms with Crippen LogP contribution in [-0.2, 0) is 0 Å². The first kappa shape index (κ1) is 11.9. The van der Waals surface area contributed by atoms with Gasteiger partial charge in [0.25, 0.3) is 0 Å². The fourth-order valence-electron chi connectivity index (χ4n) is 2.20. The lowest BCUT2D eigenvalue weighted by Gasteiger charge is -2.35. The number of anilines is 1. The average molecular weight is 235 g/mol. The Hall–Kier alpha value is -1.55. The molecule has 1 aromatic rings. The predicted molar refractivity (Wildman–Crippen MR) is 65.4 cm³/mol. The van der Waals surface area contributed by atoms with Crippen LogP contribution >= 0.6 is 0 Å². The van der Waals surface area contributed by atoms with Gasteiger partial charge in [-0.25, -0.2) is 4.79 Å². The van der Waals surface area contributed by atoms with Crippen molar-refractivity contribution in [3.05, 3.63) is 29.8 Å². The topological polar surface area (TPSA) is 60.8 Å². The molecule has 1 aromatic carbocycles. The van der Waals surface area contributed by atoms with Crippen LogP contribution in [0.3, 0.4) is 0 Å². The molecule has 2 rings (SSSR count). The number of hydrogen-bond acceptors (Lipinski definition) is 3. The molecule has 0 radical (unpaired) electrons. The second kappa shape index (κ2) is 4.75. The molecule has 1 fully saturated rings. The molecule has 0 aromatic heterocycles. The summed E-state index contributed by atoms with van der Waals surface area (Å²) >= 11 is 0. The van der Waals surface area contributed by atoms with E-state index in [2.05, 4.69) is 4.90 Å². The molecule has 0 atom stereocenters. The lowest BCUT2D eigenvalue weighted by atomic mass is 9.82. The summed E-state index contributed by atoms with van der Waals surface area (Å²) < 4.78 is 0. The summed E-state index contributed by atoms with van der Waals surface area (Å²) in [5.74, 6) is -0.351. The Labute approximate surface area is 100 Å². The SMILES string of the molecule is CN(CC1CC(O)C1)c1ccc(C(=O)O)cc1. The summed E-state index contributed by atoms with van der Waals surface area (Å²) in [4.78, 5) is 12.8. The van der Waals surface area contributed by atoms with Gasteiger partial charge in [-0.1, -0.05) is 0 Å². The number of carboxylic acids is 1. The summed E-state index contributed by atoms with van der Waals surface area (Å²) in [6.07, 6.45) is 1.62. The minimum absolute atomic E-state index is 0.122. The summed E-state index contributed by atoms with van der Waals surface area (Å²) in [6.45, 7) is 0.906. The highest BCUT2D eigenvalue weighted by atomic mass is 16.4. The van der Waals surface area contributed by atoms with Gasteiger partial charge in [0.2, 0.25) is 0 Å². The van der Waals surface area contributed by atoms with Crippen LogP contribution in [0.15, 0.2) is 24.3 Å². The van der Waals surface area contributed by atoms with Gasteiger partial charge in [0.15, 0.2) is 0 Å². The zero-order chi connectivity index (χ0) is 12.4. The van der Waals surface area contributed by atoms with E-state index in [0.29, 0.717) is 11.5 Å². The van der Waals surface area contributed by atoms with Crippen LogP contribution in [0.1, 0.15) is 23.2 Å². The van der Waals surface area contributed by atoms with Crippen molar-refractivity contribution in [1.82, 2.24) is 0 Å². The zero-order valence-electron chi connectivity index (χ0n) is 9.84. The van der Waals surface area contributed by atoms with E-state index in [1.807, 2.05) is 19.2 Å². The Morgan fingerprint density at radius 2 is 1.94 bits per heavy atom. The summed E-state index contributed by atoms with van der Waals surface area (Å²) in [5.41, 5.74) is 1.32. The van der Waals surface area contributed by atoms with Crippen LogP contribution in [0.5, 0.6) is 0 Å². The number of benzene rings is 1. The summed E-state index contributed by atoms with van der Waals surface area (Å²) in [6, 6.07) is 6.87. The third-order valence-corrected chi connectivity index (χ3v) is 3.30. The molecule has 0 unspecified atom stereocenters. The lowest BCUT2D eigenvalue weighted by Crippen LogP contribution is -2.37. The molecule has 1 aliphatic carbocycles. The van der Waals surface area contributed by atoms with Gasteiger partial charge in [0, 0.05) is 19.3 Å². The Morgan fingerprint density at radius 1 is 1.35 bits per heavy atom. The third-order valence-electron chi connectivity index (χ3n) is 3.30. The molecule has 4 heteroatoms. The predicted octanol–water partition coefficient (Wildman–Crippen LogP) is 1.59. The van der Waals surface area contributed by atoms with Gasteiger partial charge in [-0.3, -0.25) is 0 Å². The Balaban J connectivity index is 1.94. The fraction of sp³-hybridized carbons (Fsp3) is 0.462. The maximum Gasteiger partial charge on any atom is 0.335 e. The number of nitrogens with zero attached hydrogens (tertiary/aromatic N) is 1. The highest BCUT2D eigenvalue weighted by Gasteiger charge is 2.27. The van der Waals surface area contributed by atoms with Crippen LogP contribution in [-0.4, -0.2) is 35.9 Å². The molecule has 2 N–H and O–H groups in total. The summed E-state index contributed by atoms with van der Waals surface area (Å²) in [7, 11) is 1.99. The highest BCUT2D eigenvalue weighted by Crippen LogP contribution is 2.29. The first-order chi connectivity index (χ1) is 8.06. The van der Waals surface area contributed by atoms with Crippen molar-refractivity contribution in [2.45, 2.75) is 18.9 Å². The molecule has 0 amide bonds. The maximum absolute atomic E-state index is 10.7. The van der Waals surface area contributed by atoms with Crippen LogP contribution in [0.2, 0.25) is 0 Å². The number of hydrogen-bond donors (Lipinski definition) is 2. The maximum atomic E-state index is 10.7. The largest absolute Gasteiger partial charge is 0.478 e. The minimum Gasteiger partial charge on any atom is -0.478 e. The van der Waals surface area contributed by atoms with E-state index in [1.54, 1.807) is 12.1 Å². The van der Waals surface area contributed by atoms with Gasteiger partial charge in [-0.2, -0.15) is 0 Å². The monoisotopic (exact) mass is 235 g/mol. The van der Waals surface area contributed by atoms with Crippen molar-refractivity contribution in [2.24, 2.45) is 5.92 Å². The van der Waals surface area contributed by atoms with E-state index < -0.39 is 5.97 Å². The molecule has 92 valence electrons. The van der Waals surface area contributed by atoms with Crippen molar-refractivity contribution in [2.75, 3.05) is 18.5 Å². The van der Waals surface area contributed by atoms with Crippen LogP contribution < -0.4 is 4.90 Å². The minimum atomic E-state index is -0.902. The first-order valence-electron chi connectivity index (χ1n) is 5.79. The van der Waals surface area contributed by atoms with Crippen LogP contribution in [0.25, 0.3) is 0 Å². The van der Waals surface area contributed by atoms with Crippen molar-refractivity contribution in [1.29, 1.82) is 0 Å². The molecule has 0 spiro atoms. The van der Waals surface area contributed by atoms with Gasteiger partial charge in [0.05, 0.1) is 11.7 Å². The standard InChI is InChI=1S/C13H17NO3/c1-14(8-9-6-12(15)7-9)11-4-2-10(3-5-11)13(16)17/h2-5,9,12,15H,6-8H2,1H3,(H,16,17). The van der Waals surface area contributed by atoms with E-state index in [0.717, 1.165) is 25.1 Å². The second-order valence-corrected chi connectivity index (χ2v) is 4.72. The zero-order valence-corrected chi connectivity index (χ0v) is 9.84. The molecule has 1 saturated carbocycles. The molecule has 0 heterocycles. The molecular formula is C13H17NO3. The van der Waals surface area contributed by atoms with Crippen LogP contribution in [0, 0.1) is 5.92 Å². The average Bonchev–Trinajstić information content (AvgIpc) is 2.27. The van der Waals surface area contributed by atoms with E-state index in [1.165, 1.54) is 0 Å². The number of aromatic carboxylic acids is 1. The van der Waals surface area contributed by atoms with Crippen molar-refractivity contribution >= 4 is 11.7 Å². The normalized spacial score (nSPS) is 22.9. The Bertz CT molecular complexity index is 396. The fourth-order valence-corrected chi connectivity index (χ4v) is 2.20. The van der Waals surface area contributed by atoms with Gasteiger partial charge >= 0.3 is 5.97 Å². The second-order valence-electron chi connectivity index (χ2n) is 4.72. The quantitative estimate of drug-likeness (QED) is 0.832.